The Balaban J connectivity index is 1.98. The molecule has 0 saturated heterocycles. The molecule has 108 valence electrons. The second-order valence-corrected chi connectivity index (χ2v) is 7.18. The van der Waals surface area contributed by atoms with Crippen LogP contribution in [0.25, 0.3) is 0 Å². The van der Waals surface area contributed by atoms with Crippen LogP contribution in [0.4, 0.5) is 0 Å². The molecule has 0 aliphatic carbocycles. The van der Waals surface area contributed by atoms with Gasteiger partial charge in [-0.1, -0.05) is 39.0 Å². The zero-order valence-corrected chi connectivity index (χ0v) is 13.9. The maximum Gasteiger partial charge on any atom is 0.119 e. The number of ether oxygens (including phenoxy) is 1. The van der Waals surface area contributed by atoms with Crippen molar-refractivity contribution in [2.24, 2.45) is 0 Å². The molecule has 1 aromatic heterocycles. The van der Waals surface area contributed by atoms with E-state index in [-0.39, 0.29) is 5.41 Å². The lowest BCUT2D eigenvalue weighted by atomic mass is 9.91. The Morgan fingerprint density at radius 3 is 2.45 bits per heavy atom. The lowest BCUT2D eigenvalue weighted by Gasteiger charge is -2.16. The molecular weight excluding hydrogens is 286 g/mol. The zero-order chi connectivity index (χ0) is 14.6. The largest absolute Gasteiger partial charge is 0.493 e. The molecule has 0 aliphatic heterocycles. The molecule has 0 saturated carbocycles. The molecular formula is C16H21NOS2. The van der Waals surface area contributed by atoms with Gasteiger partial charge in [0.15, 0.2) is 0 Å². The summed E-state index contributed by atoms with van der Waals surface area (Å²) in [5, 5.41) is 1.13. The van der Waals surface area contributed by atoms with E-state index in [9.17, 15) is 0 Å². The summed E-state index contributed by atoms with van der Waals surface area (Å²) >= 11 is 6.17. The van der Waals surface area contributed by atoms with Gasteiger partial charge in [0.1, 0.15) is 5.75 Å². The maximum absolute atomic E-state index is 5.73. The fourth-order valence-electron chi connectivity index (χ4n) is 1.97. The predicted octanol–water partition coefficient (Wildman–Crippen LogP) is 4.49. The zero-order valence-electron chi connectivity index (χ0n) is 12.2. The van der Waals surface area contributed by atoms with Crippen LogP contribution in [0.1, 0.15) is 36.3 Å². The van der Waals surface area contributed by atoms with Crippen molar-refractivity contribution in [3.63, 3.8) is 0 Å². The summed E-state index contributed by atoms with van der Waals surface area (Å²) in [4.78, 5) is 6.05. The maximum atomic E-state index is 5.73. The molecule has 20 heavy (non-hydrogen) atoms. The lowest BCUT2D eigenvalue weighted by molar-refractivity contribution is 0.321. The fraction of sp³-hybridized carbons (Fsp3) is 0.438. The van der Waals surface area contributed by atoms with Crippen LogP contribution in [-0.2, 0) is 17.6 Å². The summed E-state index contributed by atoms with van der Waals surface area (Å²) in [6.45, 7) is 7.24. The summed E-state index contributed by atoms with van der Waals surface area (Å²) in [5.41, 5.74) is 1.25. The summed E-state index contributed by atoms with van der Waals surface area (Å²) < 4.78 is 5.73. The van der Waals surface area contributed by atoms with Crippen LogP contribution in [0.3, 0.4) is 0 Å². The van der Waals surface area contributed by atoms with E-state index in [1.807, 2.05) is 30.3 Å². The highest BCUT2D eigenvalue weighted by atomic mass is 32.1. The first-order chi connectivity index (χ1) is 9.50. The summed E-state index contributed by atoms with van der Waals surface area (Å²) in [6.07, 6.45) is 0.844. The van der Waals surface area contributed by atoms with Gasteiger partial charge in [0, 0.05) is 22.5 Å². The van der Waals surface area contributed by atoms with E-state index in [1.165, 1.54) is 10.6 Å². The average molecular weight is 307 g/mol. The number of nitrogens with zero attached hydrogens (tertiary/aromatic N) is 1. The van der Waals surface area contributed by atoms with Gasteiger partial charge in [0.25, 0.3) is 0 Å². The molecule has 0 aliphatic rings. The van der Waals surface area contributed by atoms with Crippen molar-refractivity contribution >= 4 is 24.0 Å². The van der Waals surface area contributed by atoms with Gasteiger partial charge in [-0.05, 0) is 12.1 Å². The van der Waals surface area contributed by atoms with Crippen molar-refractivity contribution < 1.29 is 4.74 Å². The van der Waals surface area contributed by atoms with Crippen LogP contribution in [0.2, 0.25) is 0 Å². The first-order valence-corrected chi connectivity index (χ1v) is 8.23. The number of hydrogen-bond acceptors (Lipinski definition) is 4. The van der Waals surface area contributed by atoms with Crippen molar-refractivity contribution in [2.75, 3.05) is 6.61 Å². The van der Waals surface area contributed by atoms with Crippen molar-refractivity contribution in [2.45, 2.75) is 38.4 Å². The van der Waals surface area contributed by atoms with Crippen molar-refractivity contribution in [1.29, 1.82) is 0 Å². The van der Waals surface area contributed by atoms with E-state index in [1.54, 1.807) is 11.3 Å². The second kappa shape index (κ2) is 6.64. The number of thiazole rings is 1. The molecule has 0 unspecified atom stereocenters. The van der Waals surface area contributed by atoms with Gasteiger partial charge in [-0.2, -0.15) is 12.6 Å². The van der Waals surface area contributed by atoms with Gasteiger partial charge >= 0.3 is 0 Å². The Bertz CT molecular complexity index is 543. The van der Waals surface area contributed by atoms with Gasteiger partial charge in [-0.15, -0.1) is 11.3 Å². The van der Waals surface area contributed by atoms with E-state index < -0.39 is 0 Å². The van der Waals surface area contributed by atoms with Crippen molar-refractivity contribution in [1.82, 2.24) is 4.98 Å². The van der Waals surface area contributed by atoms with Crippen LogP contribution < -0.4 is 4.74 Å². The van der Waals surface area contributed by atoms with Gasteiger partial charge in [-0.25, -0.2) is 4.98 Å². The highest BCUT2D eigenvalue weighted by Crippen LogP contribution is 2.30. The minimum absolute atomic E-state index is 0.0765. The van der Waals surface area contributed by atoms with Crippen molar-refractivity contribution in [3.05, 3.63) is 45.9 Å². The van der Waals surface area contributed by atoms with Gasteiger partial charge in [0.2, 0.25) is 0 Å². The summed E-state index contributed by atoms with van der Waals surface area (Å²) in [7, 11) is 0. The third-order valence-electron chi connectivity index (χ3n) is 2.92. The standard InChI is InChI=1S/C16H21NOS2/c1-16(2,3)15-13(11-19)20-14(17-15)9-10-18-12-7-5-4-6-8-12/h4-8,19H,9-11H2,1-3H3. The Morgan fingerprint density at radius 2 is 1.90 bits per heavy atom. The number of aromatic nitrogens is 1. The van der Waals surface area contributed by atoms with Crippen LogP contribution in [0, 0.1) is 0 Å². The minimum atomic E-state index is 0.0765. The SMILES string of the molecule is CC(C)(C)c1nc(CCOc2ccccc2)sc1CS. The van der Waals surface area contributed by atoms with Crippen LogP contribution in [-0.4, -0.2) is 11.6 Å². The Hall–Kier alpha value is -1.00. The molecule has 0 radical (unpaired) electrons. The molecule has 0 fully saturated rings. The molecule has 0 spiro atoms. The molecule has 0 N–H and O–H groups in total. The highest BCUT2D eigenvalue weighted by Gasteiger charge is 2.22. The molecule has 0 atom stereocenters. The third kappa shape index (κ3) is 4.00. The van der Waals surface area contributed by atoms with Crippen LogP contribution in [0.15, 0.2) is 30.3 Å². The van der Waals surface area contributed by atoms with E-state index >= 15 is 0 Å². The minimum Gasteiger partial charge on any atom is -0.493 e. The fourth-order valence-corrected chi connectivity index (χ4v) is 3.44. The van der Waals surface area contributed by atoms with Gasteiger partial charge in [0.05, 0.1) is 17.3 Å². The number of rotatable bonds is 5. The number of hydrogen-bond donors (Lipinski definition) is 1. The number of para-hydroxylation sites is 1. The Morgan fingerprint density at radius 1 is 1.20 bits per heavy atom. The molecule has 2 rings (SSSR count). The molecule has 2 aromatic rings. The van der Waals surface area contributed by atoms with Crippen LogP contribution >= 0.6 is 24.0 Å². The molecule has 1 aromatic carbocycles. The van der Waals surface area contributed by atoms with Gasteiger partial charge < -0.3 is 4.74 Å². The molecule has 0 bridgehead atoms. The second-order valence-electron chi connectivity index (χ2n) is 5.70. The third-order valence-corrected chi connectivity index (χ3v) is 4.57. The topological polar surface area (TPSA) is 22.1 Å². The first-order valence-electron chi connectivity index (χ1n) is 6.78. The Labute approximate surface area is 130 Å². The predicted molar refractivity (Wildman–Crippen MR) is 89.1 cm³/mol. The van der Waals surface area contributed by atoms with Gasteiger partial charge in [-0.3, -0.25) is 0 Å². The molecule has 2 nitrogen and oxygen atoms in total. The molecule has 4 heteroatoms. The van der Waals surface area contributed by atoms with E-state index in [0.717, 1.165) is 22.9 Å². The van der Waals surface area contributed by atoms with Crippen LogP contribution in [0.5, 0.6) is 5.75 Å². The average Bonchev–Trinajstić information content (AvgIpc) is 2.83. The highest BCUT2D eigenvalue weighted by molar-refractivity contribution is 7.79. The summed E-state index contributed by atoms with van der Waals surface area (Å²) in [6, 6.07) is 9.90. The van der Waals surface area contributed by atoms with E-state index in [2.05, 4.69) is 33.4 Å². The Kier molecular flexibility index (Phi) is 5.11. The number of thiol groups is 1. The first kappa shape index (κ1) is 15.4. The molecule has 1 heterocycles. The monoisotopic (exact) mass is 307 g/mol. The van der Waals surface area contributed by atoms with E-state index in [0.29, 0.717) is 6.61 Å². The normalized spacial score (nSPS) is 11.6. The number of benzene rings is 1. The lowest BCUT2D eigenvalue weighted by Crippen LogP contribution is -2.14. The smallest absolute Gasteiger partial charge is 0.119 e. The van der Waals surface area contributed by atoms with Crippen molar-refractivity contribution in [3.8, 4) is 5.75 Å². The summed E-state index contributed by atoms with van der Waals surface area (Å²) in [5.74, 6) is 1.67. The molecule has 0 amide bonds. The quantitative estimate of drug-likeness (QED) is 0.822. The van der Waals surface area contributed by atoms with E-state index in [4.69, 9.17) is 9.72 Å².